The molecule has 2 aromatic rings. The molecule has 0 aromatic heterocycles. The molecule has 0 fully saturated rings. The zero-order valence-corrected chi connectivity index (χ0v) is 21.6. The number of para-hydroxylation sites is 2. The first-order chi connectivity index (χ1) is 16.8. The molecule has 35 heavy (non-hydrogen) atoms. The second-order valence-electron chi connectivity index (χ2n) is 7.62. The summed E-state index contributed by atoms with van der Waals surface area (Å²) in [4.78, 5) is 4.57. The Morgan fingerprint density at radius 2 is 1.00 bits per heavy atom. The van der Waals surface area contributed by atoms with Crippen molar-refractivity contribution in [3.8, 4) is 12.1 Å². The van der Waals surface area contributed by atoms with Crippen LogP contribution in [-0.4, -0.2) is 43.7 Å². The second kappa shape index (κ2) is 20.3. The maximum Gasteiger partial charge on any atom is 0.394 e. The first-order valence-electron chi connectivity index (χ1n) is 11.8. The minimum absolute atomic E-state index is 0.596. The van der Waals surface area contributed by atoms with Gasteiger partial charge >= 0.3 is 10.4 Å². The first-order valence-corrected chi connectivity index (χ1v) is 13.2. The highest BCUT2D eigenvalue weighted by atomic mass is 32.3. The number of benzene rings is 2. The minimum atomic E-state index is -4.67. The predicted molar refractivity (Wildman–Crippen MR) is 142 cm³/mol. The topological polar surface area (TPSA) is 129 Å². The summed E-state index contributed by atoms with van der Waals surface area (Å²) in [5, 5.41) is 17.2. The van der Waals surface area contributed by atoms with Crippen LogP contribution in [0.3, 0.4) is 0 Å². The fourth-order valence-electron chi connectivity index (χ4n) is 3.09. The van der Waals surface area contributed by atoms with Gasteiger partial charge in [-0.2, -0.15) is 18.9 Å². The molecule has 0 bridgehead atoms. The van der Waals surface area contributed by atoms with Crippen molar-refractivity contribution in [2.45, 2.75) is 52.4 Å². The quantitative estimate of drug-likeness (QED) is 0.350. The molecule has 9 heteroatoms. The van der Waals surface area contributed by atoms with Crippen molar-refractivity contribution in [1.82, 2.24) is 0 Å². The lowest BCUT2D eigenvalue weighted by Crippen LogP contribution is -2.25. The van der Waals surface area contributed by atoms with E-state index < -0.39 is 10.4 Å². The van der Waals surface area contributed by atoms with Gasteiger partial charge in [-0.15, -0.1) is 0 Å². The Hall–Kier alpha value is -3.11. The maximum atomic E-state index is 8.74. The number of rotatable bonds is 12. The molecule has 192 valence electrons. The Labute approximate surface area is 211 Å². The molecular formula is C26H38N4O4S. The zero-order valence-electron chi connectivity index (χ0n) is 20.8. The third-order valence-corrected chi connectivity index (χ3v) is 4.79. The highest BCUT2D eigenvalue weighted by molar-refractivity contribution is 7.79. The fraction of sp³-hybridized carbons (Fsp3) is 0.462. The highest BCUT2D eigenvalue weighted by Crippen LogP contribution is 2.15. The monoisotopic (exact) mass is 502 g/mol. The number of hydrogen-bond acceptors (Lipinski definition) is 6. The lowest BCUT2D eigenvalue weighted by Gasteiger charge is -2.23. The minimum Gasteiger partial charge on any atom is -0.371 e. The lowest BCUT2D eigenvalue weighted by atomic mass is 10.2. The molecule has 8 nitrogen and oxygen atoms in total. The van der Waals surface area contributed by atoms with Gasteiger partial charge in [0.1, 0.15) is 0 Å². The van der Waals surface area contributed by atoms with Gasteiger partial charge in [-0.1, -0.05) is 63.1 Å². The molecule has 2 aromatic carbocycles. The summed E-state index contributed by atoms with van der Waals surface area (Å²) in [6, 6.07) is 25.0. The molecule has 0 amide bonds. The van der Waals surface area contributed by atoms with Crippen LogP contribution in [0.15, 0.2) is 60.7 Å². The van der Waals surface area contributed by atoms with E-state index in [1.165, 1.54) is 37.1 Å². The molecule has 0 saturated carbocycles. The summed E-state index contributed by atoms with van der Waals surface area (Å²) >= 11 is 0. The number of hydrogen-bond donors (Lipinski definition) is 2. The molecule has 0 aliphatic heterocycles. The van der Waals surface area contributed by atoms with Gasteiger partial charge in [0, 0.05) is 37.6 Å². The summed E-state index contributed by atoms with van der Waals surface area (Å²) in [7, 11) is -4.67. The van der Waals surface area contributed by atoms with E-state index in [4.69, 9.17) is 28.0 Å². The molecule has 0 aliphatic carbocycles. The van der Waals surface area contributed by atoms with E-state index in [1.807, 2.05) is 36.4 Å². The van der Waals surface area contributed by atoms with Crippen molar-refractivity contribution in [2.24, 2.45) is 0 Å². The van der Waals surface area contributed by atoms with Crippen LogP contribution in [-0.2, 0) is 10.4 Å². The number of nitriles is 2. The van der Waals surface area contributed by atoms with Gasteiger partial charge in [-0.3, -0.25) is 9.11 Å². The van der Waals surface area contributed by atoms with Crippen molar-refractivity contribution in [2.75, 3.05) is 36.0 Å². The highest BCUT2D eigenvalue weighted by Gasteiger charge is 2.05. The Balaban J connectivity index is 0.000000555. The normalized spacial score (nSPS) is 9.89. The van der Waals surface area contributed by atoms with E-state index >= 15 is 0 Å². The number of anilines is 2. The molecule has 0 aliphatic rings. The summed E-state index contributed by atoms with van der Waals surface area (Å²) < 4.78 is 31.6. The Bertz CT molecular complexity index is 885. The van der Waals surface area contributed by atoms with Crippen molar-refractivity contribution in [3.63, 3.8) is 0 Å². The molecule has 0 radical (unpaired) electrons. The second-order valence-corrected chi connectivity index (χ2v) is 8.51. The number of nitrogens with zero attached hydrogens (tertiary/aromatic N) is 4. The zero-order chi connectivity index (χ0) is 26.4. The molecule has 2 rings (SSSR count). The fourth-order valence-corrected chi connectivity index (χ4v) is 3.09. The van der Waals surface area contributed by atoms with E-state index in [2.05, 4.69) is 60.1 Å². The van der Waals surface area contributed by atoms with Crippen molar-refractivity contribution >= 4 is 21.8 Å². The molecule has 0 heterocycles. The van der Waals surface area contributed by atoms with Crippen LogP contribution in [0.4, 0.5) is 11.4 Å². The van der Waals surface area contributed by atoms with Crippen LogP contribution in [0.2, 0.25) is 0 Å². The van der Waals surface area contributed by atoms with Crippen molar-refractivity contribution < 1.29 is 17.5 Å². The lowest BCUT2D eigenvalue weighted by molar-refractivity contribution is 0.381. The molecule has 0 atom stereocenters. The molecule has 2 N–H and O–H groups in total. The van der Waals surface area contributed by atoms with Crippen LogP contribution >= 0.6 is 0 Å². The van der Waals surface area contributed by atoms with E-state index in [0.717, 1.165) is 26.2 Å². The average molecular weight is 503 g/mol. The van der Waals surface area contributed by atoms with Gasteiger partial charge in [0.05, 0.1) is 25.0 Å². The summed E-state index contributed by atoms with van der Waals surface area (Å²) in [6.07, 6.45) is 5.93. The van der Waals surface area contributed by atoms with E-state index in [9.17, 15) is 0 Å². The predicted octanol–water partition coefficient (Wildman–Crippen LogP) is 5.76. The van der Waals surface area contributed by atoms with Crippen LogP contribution in [0.25, 0.3) is 0 Å². The third-order valence-electron chi connectivity index (χ3n) is 4.79. The Kier molecular flexibility index (Phi) is 18.5. The molecule has 0 unspecified atom stereocenters. The van der Waals surface area contributed by atoms with Gasteiger partial charge in [-0.05, 0) is 37.1 Å². The van der Waals surface area contributed by atoms with E-state index in [-0.39, 0.29) is 0 Å². The van der Waals surface area contributed by atoms with Crippen molar-refractivity contribution in [3.05, 3.63) is 60.7 Å². The van der Waals surface area contributed by atoms with Crippen LogP contribution in [0.1, 0.15) is 52.4 Å². The van der Waals surface area contributed by atoms with Crippen molar-refractivity contribution in [1.29, 1.82) is 10.5 Å². The summed E-state index contributed by atoms with van der Waals surface area (Å²) in [5.41, 5.74) is 2.45. The van der Waals surface area contributed by atoms with Gasteiger partial charge in [0.25, 0.3) is 0 Å². The largest absolute Gasteiger partial charge is 0.394 e. The van der Waals surface area contributed by atoms with E-state index in [1.54, 1.807) is 0 Å². The first kappa shape index (κ1) is 31.9. The van der Waals surface area contributed by atoms with Gasteiger partial charge in [-0.25, -0.2) is 0 Å². The van der Waals surface area contributed by atoms with Crippen LogP contribution < -0.4 is 9.80 Å². The summed E-state index contributed by atoms with van der Waals surface area (Å²) in [6.45, 7) is 8.13. The SMILES string of the molecule is CCCCN(CCC#N)c1ccccc1.CCCCN(CCC#N)c1ccccc1.O=S(=O)(O)O. The van der Waals surface area contributed by atoms with Gasteiger partial charge in [0.15, 0.2) is 0 Å². The third kappa shape index (κ3) is 18.9. The number of unbranched alkanes of at least 4 members (excludes halogenated alkanes) is 2. The maximum absolute atomic E-state index is 8.74. The average Bonchev–Trinajstić information content (AvgIpc) is 2.85. The standard InChI is InChI=1S/2C13H18N2.H2O4S/c2*1-2-3-11-15(12-7-10-14)13-8-5-4-6-9-13;1-5(2,3)4/h2*4-6,8-9H,2-3,7,11-12H2,1H3;(H2,1,2,3,4). The molecule has 0 spiro atoms. The summed E-state index contributed by atoms with van der Waals surface area (Å²) in [5.74, 6) is 0. The smallest absolute Gasteiger partial charge is 0.371 e. The van der Waals surface area contributed by atoms with Gasteiger partial charge < -0.3 is 9.80 Å². The van der Waals surface area contributed by atoms with Crippen LogP contribution in [0, 0.1) is 22.7 Å². The Morgan fingerprint density at radius 1 is 0.686 bits per heavy atom. The van der Waals surface area contributed by atoms with E-state index in [0.29, 0.717) is 12.8 Å². The molecular weight excluding hydrogens is 464 g/mol. The van der Waals surface area contributed by atoms with Gasteiger partial charge in [0.2, 0.25) is 0 Å². The molecule has 0 saturated heterocycles. The Morgan fingerprint density at radius 3 is 1.26 bits per heavy atom. The van der Waals surface area contributed by atoms with Crippen LogP contribution in [0.5, 0.6) is 0 Å².